The van der Waals surface area contributed by atoms with Crippen LogP contribution in [0.5, 0.6) is 5.88 Å². The van der Waals surface area contributed by atoms with Crippen molar-refractivity contribution in [2.75, 3.05) is 19.6 Å². The van der Waals surface area contributed by atoms with Crippen molar-refractivity contribution in [3.63, 3.8) is 0 Å². The minimum Gasteiger partial charge on any atom is -0.467 e. The normalized spacial score (nSPS) is 23.9. The highest BCUT2D eigenvalue weighted by Gasteiger charge is 2.46. The van der Waals surface area contributed by atoms with Gasteiger partial charge in [0.1, 0.15) is 10.5 Å². The third-order valence-electron chi connectivity index (χ3n) is 4.79. The number of aromatic nitrogens is 1. The highest BCUT2D eigenvalue weighted by atomic mass is 32.2. The molecule has 0 saturated carbocycles. The van der Waals surface area contributed by atoms with Crippen molar-refractivity contribution in [1.82, 2.24) is 14.6 Å². The van der Waals surface area contributed by atoms with Gasteiger partial charge in [-0.05, 0) is 17.7 Å². The molecule has 136 valence electrons. The van der Waals surface area contributed by atoms with Gasteiger partial charge in [-0.2, -0.15) is 0 Å². The van der Waals surface area contributed by atoms with Crippen LogP contribution in [-0.4, -0.2) is 49.4 Å². The average Bonchev–Trinajstić information content (AvgIpc) is 3.01. The Kier molecular flexibility index (Phi) is 4.16. The van der Waals surface area contributed by atoms with E-state index < -0.39 is 15.6 Å². The highest BCUT2D eigenvalue weighted by molar-refractivity contribution is 7.89. The number of fused-ring (bicyclic) bond motifs is 1. The first-order chi connectivity index (χ1) is 12.5. The lowest BCUT2D eigenvalue weighted by atomic mass is 10.0. The van der Waals surface area contributed by atoms with Gasteiger partial charge in [-0.1, -0.05) is 30.3 Å². The number of ether oxygens (including phenoxy) is 1. The van der Waals surface area contributed by atoms with Gasteiger partial charge < -0.3 is 9.64 Å². The zero-order valence-corrected chi connectivity index (χ0v) is 14.9. The predicted molar refractivity (Wildman–Crippen MR) is 94.1 cm³/mol. The molecule has 2 aliphatic heterocycles. The Labute approximate surface area is 152 Å². The quantitative estimate of drug-likeness (QED) is 0.847. The van der Waals surface area contributed by atoms with Gasteiger partial charge in [0.25, 0.3) is 0 Å². The number of benzene rings is 1. The van der Waals surface area contributed by atoms with Crippen LogP contribution in [0, 0.1) is 0 Å². The number of sulfonamides is 1. The summed E-state index contributed by atoms with van der Waals surface area (Å²) in [6.07, 6.45) is 2.37. The first-order valence-electron chi connectivity index (χ1n) is 8.43. The molecule has 1 spiro atoms. The summed E-state index contributed by atoms with van der Waals surface area (Å²) in [4.78, 5) is 18.5. The van der Waals surface area contributed by atoms with Crippen molar-refractivity contribution in [3.8, 4) is 5.88 Å². The number of hydrogen-bond donors (Lipinski definition) is 1. The maximum absolute atomic E-state index is 12.6. The van der Waals surface area contributed by atoms with Crippen LogP contribution in [0.2, 0.25) is 0 Å². The number of amides is 1. The van der Waals surface area contributed by atoms with Crippen LogP contribution in [0.1, 0.15) is 12.0 Å². The summed E-state index contributed by atoms with van der Waals surface area (Å²) in [5.74, 6) is 0.0971. The van der Waals surface area contributed by atoms with Crippen molar-refractivity contribution < 1.29 is 17.9 Å². The van der Waals surface area contributed by atoms with Gasteiger partial charge in [0.05, 0.1) is 19.5 Å². The third-order valence-corrected chi connectivity index (χ3v) is 6.20. The van der Waals surface area contributed by atoms with Crippen LogP contribution in [0.15, 0.2) is 53.6 Å². The zero-order chi connectivity index (χ0) is 18.2. The molecule has 2 aromatic rings. The van der Waals surface area contributed by atoms with E-state index in [2.05, 4.69) is 9.71 Å². The largest absolute Gasteiger partial charge is 0.467 e. The SMILES string of the molecule is O=C(Cc1ccccc1)N1CCC2(CNS(=O)(=O)c3cccnc3O2)C1. The number of pyridine rings is 1. The van der Waals surface area contributed by atoms with Gasteiger partial charge in [-0.25, -0.2) is 18.1 Å². The van der Waals surface area contributed by atoms with E-state index in [0.717, 1.165) is 5.56 Å². The van der Waals surface area contributed by atoms with Crippen molar-refractivity contribution in [2.45, 2.75) is 23.3 Å². The number of nitrogens with one attached hydrogen (secondary N) is 1. The lowest BCUT2D eigenvalue weighted by molar-refractivity contribution is -0.130. The van der Waals surface area contributed by atoms with Gasteiger partial charge in [0.2, 0.25) is 21.8 Å². The summed E-state index contributed by atoms with van der Waals surface area (Å²) in [7, 11) is -3.67. The maximum atomic E-state index is 12.6. The number of hydrogen-bond acceptors (Lipinski definition) is 5. The molecule has 0 aliphatic carbocycles. The molecule has 3 heterocycles. The Hall–Kier alpha value is -2.45. The monoisotopic (exact) mass is 373 g/mol. The van der Waals surface area contributed by atoms with Crippen molar-refractivity contribution in [1.29, 1.82) is 0 Å². The molecule has 1 N–H and O–H groups in total. The summed E-state index contributed by atoms with van der Waals surface area (Å²) >= 11 is 0. The second kappa shape index (κ2) is 6.37. The van der Waals surface area contributed by atoms with Crippen LogP contribution in [-0.2, 0) is 21.2 Å². The summed E-state index contributed by atoms with van der Waals surface area (Å²) in [6.45, 7) is 0.966. The Morgan fingerprint density at radius 2 is 2.04 bits per heavy atom. The lowest BCUT2D eigenvalue weighted by Crippen LogP contribution is -2.48. The predicted octanol–water partition coefficient (Wildman–Crippen LogP) is 0.966. The molecule has 8 heteroatoms. The summed E-state index contributed by atoms with van der Waals surface area (Å²) in [5, 5.41) is 0. The van der Waals surface area contributed by atoms with Gasteiger partial charge in [0.15, 0.2) is 0 Å². The molecule has 1 fully saturated rings. The topological polar surface area (TPSA) is 88.6 Å². The molecule has 1 atom stereocenters. The molecule has 0 radical (unpaired) electrons. The van der Waals surface area contributed by atoms with Crippen LogP contribution in [0.25, 0.3) is 0 Å². The average molecular weight is 373 g/mol. The molecule has 4 rings (SSSR count). The molecular weight excluding hydrogens is 354 g/mol. The van der Waals surface area contributed by atoms with Gasteiger partial charge in [-0.15, -0.1) is 0 Å². The molecule has 1 amide bonds. The van der Waals surface area contributed by atoms with E-state index in [1.807, 2.05) is 30.3 Å². The zero-order valence-electron chi connectivity index (χ0n) is 14.1. The van der Waals surface area contributed by atoms with Crippen LogP contribution in [0.4, 0.5) is 0 Å². The molecule has 1 unspecified atom stereocenters. The van der Waals surface area contributed by atoms with E-state index in [0.29, 0.717) is 25.9 Å². The summed E-state index contributed by atoms with van der Waals surface area (Å²) in [5.41, 5.74) is 0.159. The van der Waals surface area contributed by atoms with Gasteiger partial charge in [-0.3, -0.25) is 4.79 Å². The standard InChI is InChI=1S/C18H19N3O4S/c22-16(11-14-5-2-1-3-6-14)21-10-8-18(13-21)12-20-26(23,24)15-7-4-9-19-17(15)25-18/h1-7,9,20H,8,10-13H2. The second-order valence-corrected chi connectivity index (χ2v) is 8.38. The number of likely N-dealkylation sites (tertiary alicyclic amines) is 1. The van der Waals surface area contributed by atoms with E-state index in [9.17, 15) is 13.2 Å². The molecule has 2 aliphatic rings. The number of carbonyl (C=O) groups is 1. The minimum absolute atomic E-state index is 0.00465. The molecule has 7 nitrogen and oxygen atoms in total. The molecule has 0 bridgehead atoms. The second-order valence-electron chi connectivity index (χ2n) is 6.64. The Bertz CT molecular complexity index is 932. The molecule has 1 aromatic carbocycles. The Morgan fingerprint density at radius 1 is 1.23 bits per heavy atom. The minimum atomic E-state index is -3.67. The Morgan fingerprint density at radius 3 is 2.85 bits per heavy atom. The number of rotatable bonds is 2. The first kappa shape index (κ1) is 17.0. The fourth-order valence-corrected chi connectivity index (χ4v) is 4.56. The van der Waals surface area contributed by atoms with Gasteiger partial charge >= 0.3 is 0 Å². The lowest BCUT2D eigenvalue weighted by Gasteiger charge is -2.28. The van der Waals surface area contributed by atoms with Crippen molar-refractivity contribution in [3.05, 3.63) is 54.2 Å². The number of nitrogens with zero attached hydrogens (tertiary/aromatic N) is 2. The molecule has 1 aromatic heterocycles. The van der Waals surface area contributed by atoms with E-state index in [1.165, 1.54) is 12.3 Å². The highest BCUT2D eigenvalue weighted by Crippen LogP contribution is 2.33. The van der Waals surface area contributed by atoms with E-state index >= 15 is 0 Å². The molecular formula is C18H19N3O4S. The fraction of sp³-hybridized carbons (Fsp3) is 0.333. The molecule has 26 heavy (non-hydrogen) atoms. The van der Waals surface area contributed by atoms with E-state index in [4.69, 9.17) is 4.74 Å². The van der Waals surface area contributed by atoms with Crippen LogP contribution in [0.3, 0.4) is 0 Å². The maximum Gasteiger partial charge on any atom is 0.246 e. The van der Waals surface area contributed by atoms with E-state index in [-0.39, 0.29) is 23.2 Å². The first-order valence-corrected chi connectivity index (χ1v) is 9.91. The number of carbonyl (C=O) groups excluding carboxylic acids is 1. The van der Waals surface area contributed by atoms with Crippen molar-refractivity contribution >= 4 is 15.9 Å². The molecule has 1 saturated heterocycles. The summed E-state index contributed by atoms with van der Waals surface area (Å²) < 4.78 is 33.4. The van der Waals surface area contributed by atoms with Crippen molar-refractivity contribution in [2.24, 2.45) is 0 Å². The summed E-state index contributed by atoms with van der Waals surface area (Å²) in [6, 6.07) is 12.6. The third kappa shape index (κ3) is 3.17. The van der Waals surface area contributed by atoms with Crippen LogP contribution < -0.4 is 9.46 Å². The van der Waals surface area contributed by atoms with Gasteiger partial charge in [0, 0.05) is 19.2 Å². The van der Waals surface area contributed by atoms with Crippen LogP contribution >= 0.6 is 0 Å². The smallest absolute Gasteiger partial charge is 0.246 e. The fourth-order valence-electron chi connectivity index (χ4n) is 3.37. The van der Waals surface area contributed by atoms with E-state index in [1.54, 1.807) is 11.0 Å². The Balaban J connectivity index is 1.53.